The van der Waals surface area contributed by atoms with E-state index in [0.717, 1.165) is 22.2 Å². The number of nitrogens with one attached hydrogen (secondary N) is 1. The maximum atomic E-state index is 10.4. The molecule has 24 heavy (non-hydrogen) atoms. The average Bonchev–Trinajstić information content (AvgIpc) is 2.61. The van der Waals surface area contributed by atoms with Gasteiger partial charge in [-0.05, 0) is 42.0 Å². The standard InChI is InChI=1S/C18H15N3O3/c22-17(23)12-24-15-8-6-13(7-9-15)11-20-21-16-5-1-3-14-4-2-10-19-18(14)16/h1-11,21H,12H2,(H,22,23)/b20-11+. The van der Waals surface area contributed by atoms with Crippen LogP contribution in [0.25, 0.3) is 10.9 Å². The number of rotatable bonds is 6. The smallest absolute Gasteiger partial charge is 0.341 e. The minimum atomic E-state index is -1.01. The maximum Gasteiger partial charge on any atom is 0.341 e. The van der Waals surface area contributed by atoms with E-state index in [1.54, 1.807) is 36.7 Å². The summed E-state index contributed by atoms with van der Waals surface area (Å²) in [5.41, 5.74) is 5.53. The molecule has 2 N–H and O–H groups in total. The highest BCUT2D eigenvalue weighted by atomic mass is 16.5. The molecule has 6 nitrogen and oxygen atoms in total. The van der Waals surface area contributed by atoms with Gasteiger partial charge in [0.1, 0.15) is 5.75 Å². The van der Waals surface area contributed by atoms with E-state index < -0.39 is 5.97 Å². The summed E-state index contributed by atoms with van der Waals surface area (Å²) in [5, 5.41) is 13.8. The normalized spacial score (nSPS) is 10.8. The van der Waals surface area contributed by atoms with Crippen LogP contribution >= 0.6 is 0 Å². The van der Waals surface area contributed by atoms with Crippen molar-refractivity contribution in [3.63, 3.8) is 0 Å². The average molecular weight is 321 g/mol. The highest BCUT2D eigenvalue weighted by Gasteiger charge is 2.00. The van der Waals surface area contributed by atoms with Crippen LogP contribution in [0.15, 0.2) is 65.9 Å². The van der Waals surface area contributed by atoms with Crippen molar-refractivity contribution in [2.45, 2.75) is 0 Å². The zero-order valence-electron chi connectivity index (χ0n) is 12.7. The maximum absolute atomic E-state index is 10.4. The minimum absolute atomic E-state index is 0.358. The lowest BCUT2D eigenvalue weighted by atomic mass is 10.2. The topological polar surface area (TPSA) is 83.8 Å². The number of aromatic nitrogens is 1. The van der Waals surface area contributed by atoms with Gasteiger partial charge in [-0.25, -0.2) is 4.79 Å². The van der Waals surface area contributed by atoms with Crippen molar-refractivity contribution in [1.82, 2.24) is 4.98 Å². The number of benzene rings is 2. The minimum Gasteiger partial charge on any atom is -0.482 e. The molecule has 0 saturated heterocycles. The number of hydrogen-bond acceptors (Lipinski definition) is 5. The molecular weight excluding hydrogens is 306 g/mol. The van der Waals surface area contributed by atoms with Crippen LogP contribution in [0.3, 0.4) is 0 Å². The van der Waals surface area contributed by atoms with Crippen LogP contribution in [-0.4, -0.2) is 28.9 Å². The Bertz CT molecular complexity index is 871. The SMILES string of the molecule is O=C(O)COc1ccc(/C=N/Nc2cccc3cccnc23)cc1. The number of hydrogen-bond donors (Lipinski definition) is 2. The van der Waals surface area contributed by atoms with E-state index >= 15 is 0 Å². The Morgan fingerprint density at radius 3 is 2.75 bits per heavy atom. The molecule has 120 valence electrons. The molecule has 0 bridgehead atoms. The van der Waals surface area contributed by atoms with Crippen LogP contribution < -0.4 is 10.2 Å². The number of carboxylic acid groups (broad SMARTS) is 1. The predicted molar refractivity (Wildman–Crippen MR) is 92.5 cm³/mol. The Balaban J connectivity index is 1.66. The zero-order valence-corrected chi connectivity index (χ0v) is 12.7. The zero-order chi connectivity index (χ0) is 16.8. The van der Waals surface area contributed by atoms with Crippen molar-refractivity contribution in [2.24, 2.45) is 5.10 Å². The van der Waals surface area contributed by atoms with Gasteiger partial charge in [0, 0.05) is 11.6 Å². The fourth-order valence-corrected chi connectivity index (χ4v) is 2.17. The second kappa shape index (κ2) is 7.23. The van der Waals surface area contributed by atoms with E-state index in [9.17, 15) is 4.79 Å². The monoisotopic (exact) mass is 321 g/mol. The number of carboxylic acids is 1. The molecule has 1 heterocycles. The first-order valence-corrected chi connectivity index (χ1v) is 7.30. The molecule has 1 aromatic heterocycles. The number of fused-ring (bicyclic) bond motifs is 1. The van der Waals surface area contributed by atoms with Gasteiger partial charge in [-0.2, -0.15) is 5.10 Å². The highest BCUT2D eigenvalue weighted by Crippen LogP contribution is 2.20. The van der Waals surface area contributed by atoms with Crippen molar-refractivity contribution >= 4 is 28.8 Å². The van der Waals surface area contributed by atoms with E-state index in [0.29, 0.717) is 5.75 Å². The van der Waals surface area contributed by atoms with Gasteiger partial charge in [0.05, 0.1) is 17.4 Å². The van der Waals surface area contributed by atoms with Gasteiger partial charge in [-0.1, -0.05) is 18.2 Å². The van der Waals surface area contributed by atoms with Crippen LogP contribution in [-0.2, 0) is 4.79 Å². The van der Waals surface area contributed by atoms with Crippen LogP contribution in [0.5, 0.6) is 5.75 Å². The van der Waals surface area contributed by atoms with Crippen LogP contribution in [0, 0.1) is 0 Å². The summed E-state index contributed by atoms with van der Waals surface area (Å²) < 4.78 is 5.08. The predicted octanol–water partition coefficient (Wildman–Crippen LogP) is 3.14. The largest absolute Gasteiger partial charge is 0.482 e. The number of carbonyl (C=O) groups is 1. The summed E-state index contributed by atoms with van der Waals surface area (Å²) in [5.74, 6) is -0.505. The summed E-state index contributed by atoms with van der Waals surface area (Å²) in [6.07, 6.45) is 3.41. The number of nitrogens with zero attached hydrogens (tertiary/aromatic N) is 2. The first-order chi connectivity index (χ1) is 11.7. The fourth-order valence-electron chi connectivity index (χ4n) is 2.17. The molecule has 2 aromatic carbocycles. The molecule has 0 radical (unpaired) electrons. The van der Waals surface area contributed by atoms with Gasteiger partial charge in [0.25, 0.3) is 0 Å². The molecule has 0 spiro atoms. The summed E-state index contributed by atoms with van der Waals surface area (Å²) in [7, 11) is 0. The molecule has 0 amide bonds. The van der Waals surface area contributed by atoms with Crippen LogP contribution in [0.1, 0.15) is 5.56 Å². The lowest BCUT2D eigenvalue weighted by molar-refractivity contribution is -0.139. The molecule has 0 atom stereocenters. The molecule has 0 aliphatic carbocycles. The Morgan fingerprint density at radius 1 is 1.17 bits per heavy atom. The highest BCUT2D eigenvalue weighted by molar-refractivity contribution is 5.90. The third-order valence-corrected chi connectivity index (χ3v) is 3.27. The Morgan fingerprint density at radius 2 is 1.96 bits per heavy atom. The van der Waals surface area contributed by atoms with Gasteiger partial charge in [0.15, 0.2) is 6.61 Å². The Labute approximate surface area is 138 Å². The number of anilines is 1. The Hall–Kier alpha value is -3.41. The fraction of sp³-hybridized carbons (Fsp3) is 0.0556. The van der Waals surface area contributed by atoms with Crippen molar-refractivity contribution < 1.29 is 14.6 Å². The lowest BCUT2D eigenvalue weighted by Gasteiger charge is -2.04. The first kappa shape index (κ1) is 15.5. The van der Waals surface area contributed by atoms with Crippen molar-refractivity contribution in [3.8, 4) is 5.75 Å². The number of aliphatic carboxylic acids is 1. The van der Waals surface area contributed by atoms with Gasteiger partial charge in [0.2, 0.25) is 0 Å². The number of ether oxygens (including phenoxy) is 1. The van der Waals surface area contributed by atoms with Gasteiger partial charge in [-0.15, -0.1) is 0 Å². The van der Waals surface area contributed by atoms with E-state index in [-0.39, 0.29) is 6.61 Å². The van der Waals surface area contributed by atoms with E-state index in [1.807, 2.05) is 30.3 Å². The summed E-state index contributed by atoms with van der Waals surface area (Å²) >= 11 is 0. The second-order valence-electron chi connectivity index (χ2n) is 5.00. The molecule has 3 rings (SSSR count). The lowest BCUT2D eigenvalue weighted by Crippen LogP contribution is -2.09. The van der Waals surface area contributed by atoms with Crippen molar-refractivity contribution in [2.75, 3.05) is 12.0 Å². The quantitative estimate of drug-likeness (QED) is 0.538. The van der Waals surface area contributed by atoms with Crippen LogP contribution in [0.2, 0.25) is 0 Å². The number of para-hydroxylation sites is 1. The van der Waals surface area contributed by atoms with Gasteiger partial charge in [-0.3, -0.25) is 10.4 Å². The summed E-state index contributed by atoms with van der Waals surface area (Å²) in [6.45, 7) is -0.358. The van der Waals surface area contributed by atoms with Crippen LogP contribution in [0.4, 0.5) is 5.69 Å². The van der Waals surface area contributed by atoms with Crippen molar-refractivity contribution in [1.29, 1.82) is 0 Å². The third kappa shape index (κ3) is 3.86. The van der Waals surface area contributed by atoms with E-state index in [4.69, 9.17) is 9.84 Å². The summed E-state index contributed by atoms with van der Waals surface area (Å²) in [4.78, 5) is 14.8. The molecule has 0 fully saturated rings. The first-order valence-electron chi connectivity index (χ1n) is 7.30. The number of pyridine rings is 1. The second-order valence-corrected chi connectivity index (χ2v) is 5.00. The molecule has 0 unspecified atom stereocenters. The summed E-state index contributed by atoms with van der Waals surface area (Å²) in [6, 6.07) is 16.7. The van der Waals surface area contributed by atoms with E-state index in [1.165, 1.54) is 0 Å². The van der Waals surface area contributed by atoms with Crippen molar-refractivity contribution in [3.05, 3.63) is 66.4 Å². The molecule has 0 saturated carbocycles. The van der Waals surface area contributed by atoms with Gasteiger partial charge >= 0.3 is 5.97 Å². The Kier molecular flexibility index (Phi) is 4.67. The van der Waals surface area contributed by atoms with Gasteiger partial charge < -0.3 is 9.84 Å². The molecule has 6 heteroatoms. The molecular formula is C18H15N3O3. The molecule has 0 aliphatic heterocycles. The third-order valence-electron chi connectivity index (χ3n) is 3.27. The molecule has 3 aromatic rings. The number of hydrazone groups is 1. The molecule has 0 aliphatic rings. The van der Waals surface area contributed by atoms with E-state index in [2.05, 4.69) is 15.5 Å².